The van der Waals surface area contributed by atoms with Crippen molar-refractivity contribution in [3.8, 4) is 0 Å². The number of para-hydroxylation sites is 1. The fourth-order valence-electron chi connectivity index (χ4n) is 2.22. The van der Waals surface area contributed by atoms with Crippen LogP contribution in [0.2, 0.25) is 0 Å². The summed E-state index contributed by atoms with van der Waals surface area (Å²) in [6, 6.07) is 10.6. The van der Waals surface area contributed by atoms with Gasteiger partial charge in [-0.2, -0.15) is 0 Å². The summed E-state index contributed by atoms with van der Waals surface area (Å²) < 4.78 is 5.04. The molecule has 2 aromatic heterocycles. The van der Waals surface area contributed by atoms with Crippen molar-refractivity contribution in [2.24, 2.45) is 0 Å². The standard InChI is InChI=1S/C16H13N3O3/c17-15-11(5-3-7-18-15)16(21)22-9-14(20)12-8-19-13-6-2-1-4-10(12)13/h1-8,19H,9H2,(H2,17,18)/p+1. The Labute approximate surface area is 125 Å². The number of ether oxygens (including phenoxy) is 1. The van der Waals surface area contributed by atoms with Crippen LogP contribution in [-0.2, 0) is 4.74 Å². The first-order chi connectivity index (χ1) is 10.7. The van der Waals surface area contributed by atoms with Crippen LogP contribution in [0.15, 0.2) is 48.8 Å². The van der Waals surface area contributed by atoms with Gasteiger partial charge in [0.2, 0.25) is 5.78 Å². The molecule has 0 aliphatic heterocycles. The number of hydrogen-bond acceptors (Lipinski definition) is 4. The molecule has 0 fully saturated rings. The Morgan fingerprint density at radius 3 is 2.77 bits per heavy atom. The average Bonchev–Trinajstić information content (AvgIpc) is 2.97. The van der Waals surface area contributed by atoms with Crippen molar-refractivity contribution < 1.29 is 19.3 Å². The van der Waals surface area contributed by atoms with Crippen molar-refractivity contribution in [3.05, 3.63) is 59.9 Å². The molecule has 6 heteroatoms. The number of benzene rings is 1. The van der Waals surface area contributed by atoms with Crippen LogP contribution >= 0.6 is 0 Å². The van der Waals surface area contributed by atoms with Crippen LogP contribution in [0.25, 0.3) is 10.9 Å². The van der Waals surface area contributed by atoms with E-state index in [4.69, 9.17) is 10.5 Å². The second kappa shape index (κ2) is 5.69. The zero-order chi connectivity index (χ0) is 15.5. The van der Waals surface area contributed by atoms with Crippen LogP contribution in [0.4, 0.5) is 5.82 Å². The summed E-state index contributed by atoms with van der Waals surface area (Å²) in [7, 11) is 0. The number of hydrogen-bond donors (Lipinski definition) is 2. The van der Waals surface area contributed by atoms with E-state index in [9.17, 15) is 9.59 Å². The molecule has 3 rings (SSSR count). The highest BCUT2D eigenvalue weighted by Crippen LogP contribution is 2.18. The fourth-order valence-corrected chi connectivity index (χ4v) is 2.22. The first-order valence-corrected chi connectivity index (χ1v) is 6.69. The first-order valence-electron chi connectivity index (χ1n) is 6.69. The molecule has 110 valence electrons. The number of H-pyrrole nitrogens is 2. The van der Waals surface area contributed by atoms with E-state index in [1.54, 1.807) is 18.5 Å². The van der Waals surface area contributed by atoms with Crippen LogP contribution in [0.1, 0.15) is 20.7 Å². The number of nitrogens with two attached hydrogens (primary N) is 1. The molecule has 2 heterocycles. The van der Waals surface area contributed by atoms with Gasteiger partial charge in [0.15, 0.2) is 6.61 Å². The maximum absolute atomic E-state index is 12.2. The van der Waals surface area contributed by atoms with E-state index in [0.717, 1.165) is 10.9 Å². The number of esters is 1. The highest BCUT2D eigenvalue weighted by Gasteiger charge is 2.18. The number of carbonyl (C=O) groups excluding carboxylic acids is 2. The topological polar surface area (TPSA) is 99.3 Å². The van der Waals surface area contributed by atoms with E-state index >= 15 is 0 Å². The zero-order valence-corrected chi connectivity index (χ0v) is 11.6. The number of carbonyl (C=O) groups is 2. The van der Waals surface area contributed by atoms with Crippen LogP contribution < -0.4 is 10.7 Å². The smallest absolute Gasteiger partial charge is 0.346 e. The van der Waals surface area contributed by atoms with E-state index in [1.807, 2.05) is 24.3 Å². The van der Waals surface area contributed by atoms with Crippen molar-refractivity contribution in [2.45, 2.75) is 0 Å². The van der Waals surface area contributed by atoms with Crippen LogP contribution in [0.3, 0.4) is 0 Å². The lowest BCUT2D eigenvalue weighted by Gasteiger charge is -2.03. The summed E-state index contributed by atoms with van der Waals surface area (Å²) in [6.45, 7) is -0.338. The molecule has 4 N–H and O–H groups in total. The molecule has 0 saturated heterocycles. The third-order valence-electron chi connectivity index (χ3n) is 3.33. The number of rotatable bonds is 4. The summed E-state index contributed by atoms with van der Waals surface area (Å²) in [5.74, 6) is -0.709. The van der Waals surface area contributed by atoms with Crippen LogP contribution in [0.5, 0.6) is 0 Å². The lowest BCUT2D eigenvalue weighted by atomic mass is 10.1. The van der Waals surface area contributed by atoms with E-state index in [-0.39, 0.29) is 23.8 Å². The maximum atomic E-state index is 12.2. The molecule has 3 aromatic rings. The van der Waals surface area contributed by atoms with E-state index < -0.39 is 5.97 Å². The second-order valence-electron chi connectivity index (χ2n) is 4.74. The highest BCUT2D eigenvalue weighted by atomic mass is 16.5. The molecular weight excluding hydrogens is 282 g/mol. The van der Waals surface area contributed by atoms with E-state index in [1.165, 1.54) is 6.07 Å². The van der Waals surface area contributed by atoms with Crippen molar-refractivity contribution >= 4 is 28.5 Å². The third-order valence-corrected chi connectivity index (χ3v) is 3.33. The SMILES string of the molecule is Nc1[nH+]cccc1C(=O)OCC(=O)c1c[nH]c2ccccc12. The molecule has 0 bridgehead atoms. The molecule has 6 nitrogen and oxygen atoms in total. The predicted molar refractivity (Wildman–Crippen MR) is 80.3 cm³/mol. The normalized spacial score (nSPS) is 10.5. The Balaban J connectivity index is 1.73. The van der Waals surface area contributed by atoms with Crippen molar-refractivity contribution in [1.82, 2.24) is 4.98 Å². The summed E-state index contributed by atoms with van der Waals surface area (Å²) in [4.78, 5) is 29.8. The van der Waals surface area contributed by atoms with E-state index in [0.29, 0.717) is 5.56 Å². The predicted octanol–water partition coefficient (Wildman–Crippen LogP) is 1.60. The van der Waals surface area contributed by atoms with Gasteiger partial charge in [-0.25, -0.2) is 9.78 Å². The van der Waals surface area contributed by atoms with Gasteiger partial charge in [0.1, 0.15) is 5.56 Å². The number of aromatic nitrogens is 2. The second-order valence-corrected chi connectivity index (χ2v) is 4.74. The molecule has 0 spiro atoms. The lowest BCUT2D eigenvalue weighted by molar-refractivity contribution is -0.360. The number of aromatic amines is 2. The fraction of sp³-hybridized carbons (Fsp3) is 0.0625. The van der Waals surface area contributed by atoms with Gasteiger partial charge < -0.3 is 9.72 Å². The van der Waals surface area contributed by atoms with Crippen molar-refractivity contribution in [3.63, 3.8) is 0 Å². The minimum Gasteiger partial charge on any atom is -0.453 e. The molecular formula is C16H14N3O3+. The number of pyridine rings is 1. The highest BCUT2D eigenvalue weighted by molar-refractivity contribution is 6.09. The molecule has 0 unspecified atom stereocenters. The molecule has 0 atom stereocenters. The molecule has 0 radical (unpaired) electrons. The summed E-state index contributed by atoms with van der Waals surface area (Å²) in [5, 5.41) is 0.802. The first kappa shape index (κ1) is 13.8. The van der Waals surface area contributed by atoms with Gasteiger partial charge in [-0.1, -0.05) is 18.2 Å². The minimum absolute atomic E-state index is 0.201. The summed E-state index contributed by atoms with van der Waals surface area (Å²) >= 11 is 0. The van der Waals surface area contributed by atoms with Crippen LogP contribution in [-0.4, -0.2) is 23.3 Å². The Bertz CT molecular complexity index is 854. The minimum atomic E-state index is -0.637. The number of anilines is 1. The number of fused-ring (bicyclic) bond motifs is 1. The summed E-state index contributed by atoms with van der Waals surface area (Å²) in [6.07, 6.45) is 3.22. The van der Waals surface area contributed by atoms with Crippen molar-refractivity contribution in [2.75, 3.05) is 12.3 Å². The maximum Gasteiger partial charge on any atom is 0.346 e. The van der Waals surface area contributed by atoms with Crippen LogP contribution in [0, 0.1) is 0 Å². The number of nitrogen functional groups attached to an aromatic ring is 1. The van der Waals surface area contributed by atoms with Gasteiger partial charge in [-0.15, -0.1) is 0 Å². The Morgan fingerprint density at radius 1 is 1.14 bits per heavy atom. The van der Waals surface area contributed by atoms with Gasteiger partial charge in [-0.3, -0.25) is 10.5 Å². The Morgan fingerprint density at radius 2 is 1.95 bits per heavy atom. The monoisotopic (exact) mass is 296 g/mol. The number of nitrogens with one attached hydrogen (secondary N) is 2. The Hall–Kier alpha value is -3.15. The summed E-state index contributed by atoms with van der Waals surface area (Å²) in [5.41, 5.74) is 7.21. The largest absolute Gasteiger partial charge is 0.453 e. The molecule has 0 aliphatic carbocycles. The molecule has 1 aromatic carbocycles. The molecule has 0 aliphatic rings. The quantitative estimate of drug-likeness (QED) is 0.564. The van der Waals surface area contributed by atoms with Gasteiger partial charge in [0.05, 0.1) is 6.20 Å². The molecule has 0 saturated carbocycles. The molecule has 22 heavy (non-hydrogen) atoms. The number of ketones is 1. The molecule has 0 amide bonds. The van der Waals surface area contributed by atoms with E-state index in [2.05, 4.69) is 9.97 Å². The van der Waals surface area contributed by atoms with Gasteiger partial charge in [0, 0.05) is 22.7 Å². The zero-order valence-electron chi connectivity index (χ0n) is 11.6. The third kappa shape index (κ3) is 2.54. The Kier molecular flexibility index (Phi) is 3.57. The average molecular weight is 296 g/mol. The van der Waals surface area contributed by atoms with Gasteiger partial charge in [-0.05, 0) is 18.2 Å². The number of Topliss-reactive ketones (excluding diaryl/α,β-unsaturated/α-hetero) is 1. The van der Waals surface area contributed by atoms with Gasteiger partial charge in [0.25, 0.3) is 5.82 Å². The lowest BCUT2D eigenvalue weighted by Crippen LogP contribution is -2.19. The van der Waals surface area contributed by atoms with Gasteiger partial charge >= 0.3 is 5.97 Å². The van der Waals surface area contributed by atoms with Crippen molar-refractivity contribution in [1.29, 1.82) is 0 Å².